The highest BCUT2D eigenvalue weighted by Crippen LogP contribution is 2.28. The maximum Gasteiger partial charge on any atom is 0.255 e. The minimum atomic E-state index is -0.564. The summed E-state index contributed by atoms with van der Waals surface area (Å²) in [5.74, 6) is -0.221. The standard InChI is InChI=1S/C26H24N4O4S/c1-15-21(16(2)31)13-19(14-27)26(28-15)35-17(3)24(32)29-20-11-9-18(10-12-20)25(33)30-22-7-5-6-8-23(22)34-4/h5-13,17H,1-4H3,(H,29,32)(H,30,33). The van der Waals surface area contributed by atoms with E-state index in [4.69, 9.17) is 4.74 Å². The maximum absolute atomic E-state index is 12.7. The molecule has 1 heterocycles. The van der Waals surface area contributed by atoms with Crippen molar-refractivity contribution in [3.8, 4) is 11.8 Å². The van der Waals surface area contributed by atoms with Gasteiger partial charge in [0.1, 0.15) is 16.8 Å². The molecule has 0 bridgehead atoms. The van der Waals surface area contributed by atoms with Crippen molar-refractivity contribution in [3.63, 3.8) is 0 Å². The number of nitrogens with one attached hydrogen (secondary N) is 2. The third kappa shape index (κ3) is 6.25. The molecule has 0 radical (unpaired) electrons. The second kappa shape index (κ2) is 11.3. The van der Waals surface area contributed by atoms with Crippen molar-refractivity contribution in [2.45, 2.75) is 31.0 Å². The predicted molar refractivity (Wildman–Crippen MR) is 135 cm³/mol. The normalized spacial score (nSPS) is 11.2. The van der Waals surface area contributed by atoms with Crippen molar-refractivity contribution in [2.24, 2.45) is 0 Å². The number of Topliss-reactive ketones (excluding diaryl/α,β-unsaturated/α-hetero) is 1. The van der Waals surface area contributed by atoms with Crippen molar-refractivity contribution >= 4 is 40.7 Å². The fraction of sp³-hybridized carbons (Fsp3) is 0.192. The molecular weight excluding hydrogens is 464 g/mol. The number of hydrogen-bond acceptors (Lipinski definition) is 7. The van der Waals surface area contributed by atoms with Gasteiger partial charge in [-0.3, -0.25) is 14.4 Å². The van der Waals surface area contributed by atoms with E-state index in [0.717, 1.165) is 11.8 Å². The molecular formula is C26H24N4O4S. The highest BCUT2D eigenvalue weighted by atomic mass is 32.2. The molecule has 35 heavy (non-hydrogen) atoms. The number of aryl methyl sites for hydroxylation is 1. The van der Waals surface area contributed by atoms with Gasteiger partial charge in [-0.25, -0.2) is 4.98 Å². The van der Waals surface area contributed by atoms with Gasteiger partial charge in [0.05, 0.1) is 23.6 Å². The van der Waals surface area contributed by atoms with Crippen LogP contribution in [0, 0.1) is 18.3 Å². The van der Waals surface area contributed by atoms with Crippen LogP contribution in [-0.4, -0.2) is 34.9 Å². The highest BCUT2D eigenvalue weighted by molar-refractivity contribution is 8.00. The predicted octanol–water partition coefficient (Wildman–Crippen LogP) is 4.84. The summed E-state index contributed by atoms with van der Waals surface area (Å²) in [4.78, 5) is 41.4. The summed E-state index contributed by atoms with van der Waals surface area (Å²) in [6.45, 7) is 4.81. The summed E-state index contributed by atoms with van der Waals surface area (Å²) in [5, 5.41) is 14.9. The Labute approximate surface area is 207 Å². The number of carbonyl (C=O) groups excluding carboxylic acids is 3. The molecule has 1 atom stereocenters. The Hall–Kier alpha value is -4.16. The van der Waals surface area contributed by atoms with Gasteiger partial charge in [0.2, 0.25) is 5.91 Å². The number of nitrogens with zero attached hydrogens (tertiary/aromatic N) is 2. The Bertz CT molecular complexity index is 1320. The van der Waals surface area contributed by atoms with Crippen LogP contribution in [0.1, 0.15) is 45.8 Å². The number of ether oxygens (including phenoxy) is 1. The molecule has 0 fully saturated rings. The molecule has 2 N–H and O–H groups in total. The van der Waals surface area contributed by atoms with E-state index in [1.165, 1.54) is 20.1 Å². The number of benzene rings is 2. The largest absolute Gasteiger partial charge is 0.495 e. The van der Waals surface area contributed by atoms with Crippen molar-refractivity contribution in [2.75, 3.05) is 17.7 Å². The first-order chi connectivity index (χ1) is 16.7. The fourth-order valence-corrected chi connectivity index (χ4v) is 4.14. The zero-order chi connectivity index (χ0) is 25.5. The average molecular weight is 489 g/mol. The first kappa shape index (κ1) is 25.5. The van der Waals surface area contributed by atoms with Crippen molar-refractivity contribution < 1.29 is 19.1 Å². The van der Waals surface area contributed by atoms with E-state index in [9.17, 15) is 19.6 Å². The number of pyridine rings is 1. The number of methoxy groups -OCH3 is 1. The Morgan fingerprint density at radius 2 is 1.77 bits per heavy atom. The van der Waals surface area contributed by atoms with Crippen LogP contribution in [0.4, 0.5) is 11.4 Å². The first-order valence-corrected chi connectivity index (χ1v) is 11.6. The molecule has 0 saturated carbocycles. The molecule has 9 heteroatoms. The SMILES string of the molecule is COc1ccccc1NC(=O)c1ccc(NC(=O)C(C)Sc2nc(C)c(C(C)=O)cc2C#N)cc1. The van der Waals surface area contributed by atoms with Crippen LogP contribution in [0.3, 0.4) is 0 Å². The molecule has 0 aliphatic heterocycles. The van der Waals surface area contributed by atoms with Crippen LogP contribution >= 0.6 is 11.8 Å². The summed E-state index contributed by atoms with van der Waals surface area (Å²) in [6.07, 6.45) is 0. The van der Waals surface area contributed by atoms with Gasteiger partial charge in [-0.05, 0) is 63.2 Å². The molecule has 0 spiro atoms. The molecule has 2 aromatic carbocycles. The van der Waals surface area contributed by atoms with Gasteiger partial charge in [-0.15, -0.1) is 0 Å². The summed E-state index contributed by atoms with van der Waals surface area (Å²) >= 11 is 1.14. The number of amides is 2. The van der Waals surface area contributed by atoms with Crippen molar-refractivity contribution in [3.05, 3.63) is 77.0 Å². The van der Waals surface area contributed by atoms with E-state index in [0.29, 0.717) is 39.0 Å². The van der Waals surface area contributed by atoms with Gasteiger partial charge >= 0.3 is 0 Å². The Morgan fingerprint density at radius 3 is 2.40 bits per heavy atom. The molecule has 0 aliphatic rings. The Kier molecular flexibility index (Phi) is 8.23. The van der Waals surface area contributed by atoms with Crippen LogP contribution in [0.15, 0.2) is 59.6 Å². The summed E-state index contributed by atoms with van der Waals surface area (Å²) < 4.78 is 5.25. The molecule has 178 valence electrons. The molecule has 8 nitrogen and oxygen atoms in total. The molecule has 2 amide bonds. The number of hydrogen-bond donors (Lipinski definition) is 2. The topological polar surface area (TPSA) is 121 Å². The highest BCUT2D eigenvalue weighted by Gasteiger charge is 2.20. The van der Waals surface area contributed by atoms with Crippen LogP contribution in [0.25, 0.3) is 0 Å². The second-order valence-electron chi connectivity index (χ2n) is 7.62. The number of ketones is 1. The van der Waals surface area contributed by atoms with E-state index in [1.54, 1.807) is 56.3 Å². The lowest BCUT2D eigenvalue weighted by molar-refractivity contribution is -0.115. The number of anilines is 2. The van der Waals surface area contributed by atoms with Crippen molar-refractivity contribution in [1.29, 1.82) is 5.26 Å². The minimum absolute atomic E-state index is 0.172. The van der Waals surface area contributed by atoms with E-state index in [1.807, 2.05) is 12.1 Å². The lowest BCUT2D eigenvalue weighted by Gasteiger charge is -2.14. The summed E-state index contributed by atoms with van der Waals surface area (Å²) in [6, 6.07) is 17.1. The molecule has 1 aromatic heterocycles. The van der Waals surface area contributed by atoms with E-state index >= 15 is 0 Å². The number of carbonyl (C=O) groups is 3. The van der Waals surface area contributed by atoms with Crippen LogP contribution in [0.2, 0.25) is 0 Å². The monoisotopic (exact) mass is 488 g/mol. The molecule has 1 unspecified atom stereocenters. The molecule has 0 aliphatic carbocycles. The van der Waals surface area contributed by atoms with E-state index < -0.39 is 5.25 Å². The summed E-state index contributed by atoms with van der Waals surface area (Å²) in [7, 11) is 1.53. The third-order valence-corrected chi connectivity index (χ3v) is 6.21. The Morgan fingerprint density at radius 1 is 1.09 bits per heavy atom. The van der Waals surface area contributed by atoms with Crippen LogP contribution < -0.4 is 15.4 Å². The molecule has 0 saturated heterocycles. The van der Waals surface area contributed by atoms with Crippen molar-refractivity contribution in [1.82, 2.24) is 4.98 Å². The summed E-state index contributed by atoms with van der Waals surface area (Å²) in [5.41, 5.74) is 2.63. The number of nitriles is 1. The fourth-order valence-electron chi connectivity index (χ4n) is 3.22. The van der Waals surface area contributed by atoms with Gasteiger partial charge < -0.3 is 15.4 Å². The van der Waals surface area contributed by atoms with Gasteiger partial charge in [-0.1, -0.05) is 23.9 Å². The van der Waals surface area contributed by atoms with Gasteiger partial charge in [0.15, 0.2) is 5.78 Å². The number of thioether (sulfide) groups is 1. The lowest BCUT2D eigenvalue weighted by Crippen LogP contribution is -2.23. The maximum atomic E-state index is 12.7. The average Bonchev–Trinajstić information content (AvgIpc) is 2.84. The quantitative estimate of drug-likeness (QED) is 0.344. The molecule has 3 aromatic rings. The smallest absolute Gasteiger partial charge is 0.255 e. The number of aromatic nitrogens is 1. The minimum Gasteiger partial charge on any atom is -0.495 e. The lowest BCUT2D eigenvalue weighted by atomic mass is 10.1. The third-order valence-electron chi connectivity index (χ3n) is 5.11. The van der Waals surface area contributed by atoms with E-state index in [2.05, 4.69) is 15.6 Å². The Balaban J connectivity index is 1.65. The number of rotatable bonds is 8. The van der Waals surface area contributed by atoms with Gasteiger partial charge in [-0.2, -0.15) is 5.26 Å². The molecule has 3 rings (SSSR count). The first-order valence-electron chi connectivity index (χ1n) is 10.7. The van der Waals surface area contributed by atoms with E-state index in [-0.39, 0.29) is 23.2 Å². The number of para-hydroxylation sites is 2. The van der Waals surface area contributed by atoms with Gasteiger partial charge in [0.25, 0.3) is 5.91 Å². The van der Waals surface area contributed by atoms with Crippen LogP contribution in [-0.2, 0) is 4.79 Å². The zero-order valence-electron chi connectivity index (χ0n) is 19.7. The zero-order valence-corrected chi connectivity index (χ0v) is 20.5. The second-order valence-corrected chi connectivity index (χ2v) is 8.95. The van der Waals surface area contributed by atoms with Gasteiger partial charge in [0, 0.05) is 22.5 Å². The van der Waals surface area contributed by atoms with Crippen LogP contribution in [0.5, 0.6) is 5.75 Å².